The number of aromatic nitrogens is 2. The summed E-state index contributed by atoms with van der Waals surface area (Å²) in [5.41, 5.74) is 2.05. The molecule has 0 unspecified atom stereocenters. The molecule has 86 valence electrons. The number of nitrogens with zero attached hydrogens (tertiary/aromatic N) is 3. The van der Waals surface area contributed by atoms with E-state index in [9.17, 15) is 0 Å². The second-order valence-electron chi connectivity index (χ2n) is 3.65. The van der Waals surface area contributed by atoms with E-state index in [1.807, 2.05) is 31.2 Å². The minimum absolute atomic E-state index is 0.386. The van der Waals surface area contributed by atoms with Crippen molar-refractivity contribution in [2.45, 2.75) is 19.8 Å². The van der Waals surface area contributed by atoms with E-state index in [0.717, 1.165) is 15.6 Å². The fraction of sp³-hybridized carbons (Fsp3) is 0.250. The number of hydrogen-bond donors (Lipinski definition) is 0. The van der Waals surface area contributed by atoms with Gasteiger partial charge in [0.2, 0.25) is 11.7 Å². The van der Waals surface area contributed by atoms with E-state index in [2.05, 4.69) is 26.1 Å². The third-order valence-electron chi connectivity index (χ3n) is 2.28. The maximum Gasteiger partial charge on any atom is 0.227 e. The lowest BCUT2D eigenvalue weighted by molar-refractivity contribution is 0.380. The standard InChI is InChI=1S/C12H10BrN3O/c1-8-4-5-9(10(13)7-8)12-15-11(17-16-12)3-2-6-14/h4-5,7H,2-3H2,1H3. The van der Waals surface area contributed by atoms with E-state index >= 15 is 0 Å². The predicted molar refractivity (Wildman–Crippen MR) is 66.1 cm³/mol. The molecule has 0 saturated carbocycles. The van der Waals surface area contributed by atoms with Gasteiger partial charge in [-0.15, -0.1) is 0 Å². The molecule has 0 fully saturated rings. The molecule has 1 heterocycles. The van der Waals surface area contributed by atoms with Crippen molar-refractivity contribution in [1.29, 1.82) is 5.26 Å². The van der Waals surface area contributed by atoms with E-state index in [-0.39, 0.29) is 0 Å². The van der Waals surface area contributed by atoms with Crippen LogP contribution >= 0.6 is 15.9 Å². The Morgan fingerprint density at radius 3 is 3.00 bits per heavy atom. The average molecular weight is 292 g/mol. The number of halogens is 1. The van der Waals surface area contributed by atoms with E-state index < -0.39 is 0 Å². The molecular weight excluding hydrogens is 282 g/mol. The quantitative estimate of drug-likeness (QED) is 0.871. The lowest BCUT2D eigenvalue weighted by atomic mass is 10.1. The second kappa shape index (κ2) is 5.11. The molecule has 17 heavy (non-hydrogen) atoms. The molecule has 0 saturated heterocycles. The van der Waals surface area contributed by atoms with Gasteiger partial charge in [-0.2, -0.15) is 10.2 Å². The minimum Gasteiger partial charge on any atom is -0.339 e. The van der Waals surface area contributed by atoms with Crippen LogP contribution in [0.5, 0.6) is 0 Å². The summed E-state index contributed by atoms with van der Waals surface area (Å²) in [6, 6.07) is 7.98. The first kappa shape index (κ1) is 11.8. The average Bonchev–Trinajstić information content (AvgIpc) is 2.75. The largest absolute Gasteiger partial charge is 0.339 e. The normalized spacial score (nSPS) is 10.2. The number of nitriles is 1. The number of hydrogen-bond acceptors (Lipinski definition) is 4. The first-order valence-corrected chi connectivity index (χ1v) is 5.96. The lowest BCUT2D eigenvalue weighted by Crippen LogP contribution is -1.86. The Morgan fingerprint density at radius 2 is 2.29 bits per heavy atom. The van der Waals surface area contributed by atoms with Crippen molar-refractivity contribution in [1.82, 2.24) is 10.1 Å². The molecule has 2 aromatic rings. The molecule has 0 aliphatic rings. The predicted octanol–water partition coefficient (Wildman–Crippen LogP) is 3.26. The Labute approximate surface area is 107 Å². The Morgan fingerprint density at radius 1 is 1.47 bits per heavy atom. The fourth-order valence-electron chi connectivity index (χ4n) is 1.43. The lowest BCUT2D eigenvalue weighted by Gasteiger charge is -1.99. The fourth-order valence-corrected chi connectivity index (χ4v) is 2.10. The van der Waals surface area contributed by atoms with Crippen LogP contribution in [0, 0.1) is 18.3 Å². The van der Waals surface area contributed by atoms with Crippen molar-refractivity contribution < 1.29 is 4.52 Å². The molecule has 0 atom stereocenters. The molecule has 0 aliphatic heterocycles. The van der Waals surface area contributed by atoms with Crippen molar-refractivity contribution in [3.05, 3.63) is 34.1 Å². The second-order valence-corrected chi connectivity index (χ2v) is 4.51. The zero-order valence-corrected chi connectivity index (χ0v) is 10.9. The summed E-state index contributed by atoms with van der Waals surface area (Å²) in [5, 5.41) is 12.4. The molecule has 0 radical (unpaired) electrons. The van der Waals surface area contributed by atoms with Gasteiger partial charge in [0.1, 0.15) is 0 Å². The molecule has 1 aromatic heterocycles. The number of rotatable bonds is 3. The van der Waals surface area contributed by atoms with Gasteiger partial charge in [-0.25, -0.2) is 0 Å². The van der Waals surface area contributed by atoms with Gasteiger partial charge in [0.05, 0.1) is 6.07 Å². The molecule has 0 spiro atoms. The van der Waals surface area contributed by atoms with Gasteiger partial charge < -0.3 is 4.52 Å². The van der Waals surface area contributed by atoms with Crippen LogP contribution in [0.2, 0.25) is 0 Å². The summed E-state index contributed by atoms with van der Waals surface area (Å²) in [6.45, 7) is 2.02. The highest BCUT2D eigenvalue weighted by Crippen LogP contribution is 2.26. The van der Waals surface area contributed by atoms with Gasteiger partial charge in [-0.05, 0) is 24.6 Å². The molecule has 0 aliphatic carbocycles. The van der Waals surface area contributed by atoms with Gasteiger partial charge in [0, 0.05) is 22.9 Å². The molecule has 5 heteroatoms. The van der Waals surface area contributed by atoms with Gasteiger partial charge in [-0.3, -0.25) is 0 Å². The smallest absolute Gasteiger partial charge is 0.227 e. The van der Waals surface area contributed by atoms with Crippen LogP contribution in [-0.4, -0.2) is 10.1 Å². The minimum atomic E-state index is 0.386. The van der Waals surface area contributed by atoms with E-state index in [1.165, 1.54) is 0 Å². The first-order chi connectivity index (χ1) is 8.20. The van der Waals surface area contributed by atoms with Crippen molar-refractivity contribution in [2.75, 3.05) is 0 Å². The van der Waals surface area contributed by atoms with Crippen molar-refractivity contribution in [2.24, 2.45) is 0 Å². The van der Waals surface area contributed by atoms with Crippen LogP contribution in [0.4, 0.5) is 0 Å². The van der Waals surface area contributed by atoms with Gasteiger partial charge in [0.25, 0.3) is 0 Å². The summed E-state index contributed by atoms with van der Waals surface area (Å²) in [4.78, 5) is 4.25. The van der Waals surface area contributed by atoms with Crippen LogP contribution in [-0.2, 0) is 6.42 Å². The number of aryl methyl sites for hydroxylation is 2. The Balaban J connectivity index is 2.28. The monoisotopic (exact) mass is 291 g/mol. The molecule has 0 amide bonds. The van der Waals surface area contributed by atoms with Crippen LogP contribution in [0.1, 0.15) is 17.9 Å². The zero-order chi connectivity index (χ0) is 12.3. The first-order valence-electron chi connectivity index (χ1n) is 5.17. The highest BCUT2D eigenvalue weighted by Gasteiger charge is 2.11. The van der Waals surface area contributed by atoms with Gasteiger partial charge in [0.15, 0.2) is 0 Å². The topological polar surface area (TPSA) is 62.7 Å². The van der Waals surface area contributed by atoms with E-state index in [4.69, 9.17) is 9.78 Å². The Hall–Kier alpha value is -1.67. The molecule has 0 N–H and O–H groups in total. The van der Waals surface area contributed by atoms with Crippen LogP contribution in [0.15, 0.2) is 27.2 Å². The zero-order valence-electron chi connectivity index (χ0n) is 9.27. The maximum absolute atomic E-state index is 8.48. The van der Waals surface area contributed by atoms with E-state index in [0.29, 0.717) is 24.6 Å². The number of benzene rings is 1. The summed E-state index contributed by atoms with van der Waals surface area (Å²) in [5.74, 6) is 1.04. The van der Waals surface area contributed by atoms with Crippen LogP contribution in [0.3, 0.4) is 0 Å². The molecule has 1 aromatic carbocycles. The third-order valence-corrected chi connectivity index (χ3v) is 2.94. The highest BCUT2D eigenvalue weighted by molar-refractivity contribution is 9.10. The molecule has 2 rings (SSSR count). The highest BCUT2D eigenvalue weighted by atomic mass is 79.9. The Bertz CT molecular complexity index is 571. The van der Waals surface area contributed by atoms with Crippen LogP contribution in [0.25, 0.3) is 11.4 Å². The molecule has 4 nitrogen and oxygen atoms in total. The maximum atomic E-state index is 8.48. The Kier molecular flexibility index (Phi) is 3.55. The van der Waals surface area contributed by atoms with Crippen molar-refractivity contribution in [3.8, 4) is 17.5 Å². The van der Waals surface area contributed by atoms with Gasteiger partial charge in [-0.1, -0.05) is 27.2 Å². The SMILES string of the molecule is Cc1ccc(-c2noc(CCC#N)n2)c(Br)c1. The van der Waals surface area contributed by atoms with E-state index in [1.54, 1.807) is 0 Å². The molecular formula is C12H10BrN3O. The summed E-state index contributed by atoms with van der Waals surface area (Å²) >= 11 is 3.47. The summed E-state index contributed by atoms with van der Waals surface area (Å²) in [6.07, 6.45) is 0.879. The van der Waals surface area contributed by atoms with Gasteiger partial charge >= 0.3 is 0 Å². The molecule has 0 bridgehead atoms. The van der Waals surface area contributed by atoms with Crippen molar-refractivity contribution >= 4 is 15.9 Å². The summed E-state index contributed by atoms with van der Waals surface area (Å²) in [7, 11) is 0. The van der Waals surface area contributed by atoms with Crippen LogP contribution < -0.4 is 0 Å². The van der Waals surface area contributed by atoms with Crippen molar-refractivity contribution in [3.63, 3.8) is 0 Å². The third kappa shape index (κ3) is 2.71. The summed E-state index contributed by atoms with van der Waals surface area (Å²) < 4.78 is 6.01.